The van der Waals surface area contributed by atoms with Gasteiger partial charge in [-0.2, -0.15) is 0 Å². The van der Waals surface area contributed by atoms with Crippen molar-refractivity contribution in [2.24, 2.45) is 0 Å². The number of halogens is 5. The third-order valence-electron chi connectivity index (χ3n) is 4.44. The first kappa shape index (κ1) is 18.6. The lowest BCUT2D eigenvalue weighted by Gasteiger charge is -2.26. The Labute approximate surface area is 168 Å². The molecule has 1 aromatic rings. The summed E-state index contributed by atoms with van der Waals surface area (Å²) in [5.41, 5.74) is 0.718. The molecule has 2 atom stereocenters. The maximum Gasteiger partial charge on any atom is 0.249 e. The molecule has 2 amide bonds. The Balaban J connectivity index is 1.76. The molecule has 4 nitrogen and oxygen atoms in total. The molecule has 130 valence electrons. The number of nitrogens with zero attached hydrogens (tertiary/aromatic N) is 2. The van der Waals surface area contributed by atoms with Crippen LogP contribution in [-0.2, 0) is 9.59 Å². The average molecular weight is 475 g/mol. The van der Waals surface area contributed by atoms with Crippen molar-refractivity contribution in [1.29, 1.82) is 0 Å². The summed E-state index contributed by atoms with van der Waals surface area (Å²) in [5, 5.41) is 0.563. The highest BCUT2D eigenvalue weighted by Gasteiger charge is 2.72. The van der Waals surface area contributed by atoms with E-state index in [1.807, 2.05) is 0 Å². The second-order valence-corrected chi connectivity index (χ2v) is 9.38. The molecule has 0 spiro atoms. The van der Waals surface area contributed by atoms with Gasteiger partial charge in [-0.25, -0.2) is 0 Å². The molecule has 1 saturated heterocycles. The number of hydrogen-bond acceptors (Lipinski definition) is 2. The molecule has 0 bridgehead atoms. The van der Waals surface area contributed by atoms with Crippen LogP contribution in [0.5, 0.6) is 0 Å². The van der Waals surface area contributed by atoms with Gasteiger partial charge in [0.2, 0.25) is 11.8 Å². The van der Waals surface area contributed by atoms with Crippen molar-refractivity contribution >= 4 is 79.8 Å². The molecule has 24 heavy (non-hydrogen) atoms. The number of anilines is 1. The number of benzene rings is 1. The Bertz CT molecular complexity index is 729. The number of carbonyl (C=O) groups is 2. The Kier molecular flexibility index (Phi) is 4.80. The van der Waals surface area contributed by atoms with Crippen LogP contribution in [0.15, 0.2) is 22.7 Å². The normalized spacial score (nSPS) is 28.2. The number of carbonyl (C=O) groups excluding carboxylic acids is 2. The van der Waals surface area contributed by atoms with Crippen molar-refractivity contribution in [2.45, 2.75) is 28.1 Å². The van der Waals surface area contributed by atoms with Gasteiger partial charge in [-0.05, 0) is 40.5 Å². The van der Waals surface area contributed by atoms with Crippen molar-refractivity contribution in [2.75, 3.05) is 18.5 Å². The number of likely N-dealkylation sites (N-methyl/N-ethyl adjacent to an activating group) is 1. The standard InChI is InChI=1S/C15H13BrCl4N2O2/c1-21(13(24)14(18)7-15(14,19)20)11-4-5-22(12(11)23)8-2-3-10(17)9(16)6-8/h2-3,6,11H,4-5,7H2,1H3. The maximum absolute atomic E-state index is 12.7. The summed E-state index contributed by atoms with van der Waals surface area (Å²) >= 11 is 27.4. The second kappa shape index (κ2) is 6.20. The van der Waals surface area contributed by atoms with Gasteiger partial charge < -0.3 is 9.80 Å². The van der Waals surface area contributed by atoms with E-state index >= 15 is 0 Å². The summed E-state index contributed by atoms with van der Waals surface area (Å²) in [6.45, 7) is 0.497. The SMILES string of the molecule is CN(C(=O)C1(Cl)CC1(Cl)Cl)C1CCN(c2ccc(Cl)c(Br)c2)C1=O. The molecule has 9 heteroatoms. The summed E-state index contributed by atoms with van der Waals surface area (Å²) in [7, 11) is 1.55. The maximum atomic E-state index is 12.7. The zero-order chi connectivity index (χ0) is 17.9. The van der Waals surface area contributed by atoms with Crippen LogP contribution in [0.4, 0.5) is 5.69 Å². The first-order chi connectivity index (χ1) is 11.1. The predicted molar refractivity (Wildman–Crippen MR) is 100 cm³/mol. The van der Waals surface area contributed by atoms with E-state index in [2.05, 4.69) is 15.9 Å². The first-order valence-corrected chi connectivity index (χ1v) is 9.49. The largest absolute Gasteiger partial charge is 0.332 e. The molecule has 2 unspecified atom stereocenters. The highest BCUT2D eigenvalue weighted by molar-refractivity contribution is 9.10. The van der Waals surface area contributed by atoms with Gasteiger partial charge in [0.05, 0.1) is 5.02 Å². The summed E-state index contributed by atoms with van der Waals surface area (Å²) < 4.78 is -0.573. The van der Waals surface area contributed by atoms with E-state index in [9.17, 15) is 9.59 Å². The Morgan fingerprint density at radius 3 is 2.54 bits per heavy atom. The monoisotopic (exact) mass is 472 g/mol. The van der Waals surface area contributed by atoms with Crippen LogP contribution in [0.3, 0.4) is 0 Å². The molecule has 1 aromatic carbocycles. The fraction of sp³-hybridized carbons (Fsp3) is 0.467. The number of hydrogen-bond donors (Lipinski definition) is 0. The Morgan fingerprint density at radius 1 is 1.38 bits per heavy atom. The highest BCUT2D eigenvalue weighted by atomic mass is 79.9. The fourth-order valence-electron chi connectivity index (χ4n) is 2.85. The molecule has 0 aromatic heterocycles. The van der Waals surface area contributed by atoms with Crippen molar-refractivity contribution in [3.05, 3.63) is 27.7 Å². The molecule has 2 aliphatic rings. The molecule has 2 fully saturated rings. The van der Waals surface area contributed by atoms with E-state index < -0.39 is 21.2 Å². The third-order valence-corrected chi connectivity index (χ3v) is 7.38. The smallest absolute Gasteiger partial charge is 0.249 e. The van der Waals surface area contributed by atoms with Gasteiger partial charge in [0.15, 0.2) is 4.87 Å². The van der Waals surface area contributed by atoms with Gasteiger partial charge in [-0.15, -0.1) is 11.6 Å². The van der Waals surface area contributed by atoms with Gasteiger partial charge in [-0.3, -0.25) is 9.59 Å². The topological polar surface area (TPSA) is 40.6 Å². The van der Waals surface area contributed by atoms with Crippen LogP contribution in [0.25, 0.3) is 0 Å². The highest BCUT2D eigenvalue weighted by Crippen LogP contribution is 2.62. The van der Waals surface area contributed by atoms with E-state index in [4.69, 9.17) is 46.4 Å². The molecule has 1 heterocycles. The van der Waals surface area contributed by atoms with Crippen molar-refractivity contribution < 1.29 is 9.59 Å². The molecule has 1 aliphatic heterocycles. The summed E-state index contributed by atoms with van der Waals surface area (Å²) in [6.07, 6.45) is 0.675. The first-order valence-electron chi connectivity index (χ1n) is 7.19. The van der Waals surface area contributed by atoms with Crippen molar-refractivity contribution in [1.82, 2.24) is 4.90 Å². The molecule has 0 N–H and O–H groups in total. The summed E-state index contributed by atoms with van der Waals surface area (Å²) in [6, 6.07) is 4.66. The molecule has 3 rings (SSSR count). The number of amides is 2. The minimum atomic E-state index is -1.35. The fourth-order valence-corrected chi connectivity index (χ4v) is 4.37. The van der Waals surface area contributed by atoms with Crippen molar-refractivity contribution in [3.63, 3.8) is 0 Å². The van der Waals surface area contributed by atoms with Gasteiger partial charge >= 0.3 is 0 Å². The lowest BCUT2D eigenvalue weighted by Crippen LogP contribution is -2.47. The molecule has 1 aliphatic carbocycles. The van der Waals surface area contributed by atoms with E-state index in [-0.39, 0.29) is 12.3 Å². The molecule has 1 saturated carbocycles. The van der Waals surface area contributed by atoms with Crippen LogP contribution in [0.2, 0.25) is 5.02 Å². The van der Waals surface area contributed by atoms with Crippen LogP contribution < -0.4 is 4.90 Å². The molecule has 0 radical (unpaired) electrons. The molecular weight excluding hydrogens is 462 g/mol. The van der Waals surface area contributed by atoms with E-state index in [1.165, 1.54) is 4.90 Å². The zero-order valence-corrected chi connectivity index (χ0v) is 17.1. The summed E-state index contributed by atoms with van der Waals surface area (Å²) in [4.78, 5) is 26.9. The van der Waals surface area contributed by atoms with Crippen LogP contribution in [0, 0.1) is 0 Å². The second-order valence-electron chi connectivity index (χ2n) is 5.99. The number of alkyl halides is 3. The van der Waals surface area contributed by atoms with Gasteiger partial charge in [-0.1, -0.05) is 34.8 Å². The lowest BCUT2D eigenvalue weighted by atomic mass is 10.2. The third kappa shape index (κ3) is 2.92. The van der Waals surface area contributed by atoms with Crippen molar-refractivity contribution in [3.8, 4) is 0 Å². The average Bonchev–Trinajstić information content (AvgIpc) is 2.85. The predicted octanol–water partition coefficient (Wildman–Crippen LogP) is 4.22. The minimum Gasteiger partial charge on any atom is -0.332 e. The van der Waals surface area contributed by atoms with Crippen LogP contribution in [-0.4, -0.2) is 45.6 Å². The van der Waals surface area contributed by atoms with Gasteiger partial charge in [0.25, 0.3) is 0 Å². The Hall–Kier alpha value is -0.200. The van der Waals surface area contributed by atoms with Crippen LogP contribution >= 0.6 is 62.3 Å². The van der Waals surface area contributed by atoms with E-state index in [0.29, 0.717) is 22.5 Å². The summed E-state index contributed by atoms with van der Waals surface area (Å²) in [5.74, 6) is -0.595. The van der Waals surface area contributed by atoms with Gasteiger partial charge in [0, 0.05) is 30.2 Å². The number of rotatable bonds is 3. The quantitative estimate of drug-likeness (QED) is 0.615. The van der Waals surface area contributed by atoms with E-state index in [0.717, 1.165) is 5.69 Å². The Morgan fingerprint density at radius 2 is 2.00 bits per heavy atom. The zero-order valence-electron chi connectivity index (χ0n) is 12.5. The van der Waals surface area contributed by atoms with Gasteiger partial charge in [0.1, 0.15) is 10.4 Å². The lowest BCUT2D eigenvalue weighted by molar-refractivity contribution is -0.137. The molecular formula is C15H13BrCl4N2O2. The van der Waals surface area contributed by atoms with Crippen LogP contribution in [0.1, 0.15) is 12.8 Å². The van der Waals surface area contributed by atoms with E-state index in [1.54, 1.807) is 30.1 Å². The minimum absolute atomic E-state index is 0.169.